The molecule has 4 N–H and O–H groups in total. The summed E-state index contributed by atoms with van der Waals surface area (Å²) >= 11 is 0. The molecule has 0 atom stereocenters. The second-order valence-electron chi connectivity index (χ2n) is 11.7. The Bertz CT molecular complexity index is 1640. The van der Waals surface area contributed by atoms with E-state index in [1.165, 1.54) is 5.69 Å². The number of aromatic nitrogens is 2. The molecule has 1 saturated carbocycles. The zero-order valence-corrected chi connectivity index (χ0v) is 25.0. The molecule has 10 heteroatoms. The lowest BCUT2D eigenvalue weighted by Crippen LogP contribution is -2.47. The number of hydrogen-bond donors (Lipinski definition) is 3. The van der Waals surface area contributed by atoms with Crippen LogP contribution in [-0.4, -0.2) is 78.5 Å². The Kier molecular flexibility index (Phi) is 8.60. The molecule has 10 nitrogen and oxygen atoms in total. The first-order valence-electron chi connectivity index (χ1n) is 15.4. The second kappa shape index (κ2) is 12.9. The summed E-state index contributed by atoms with van der Waals surface area (Å²) in [5, 5.41) is 5.84. The van der Waals surface area contributed by atoms with Crippen molar-refractivity contribution in [3.63, 3.8) is 0 Å². The van der Waals surface area contributed by atoms with Crippen LogP contribution in [0.25, 0.3) is 22.4 Å². The summed E-state index contributed by atoms with van der Waals surface area (Å²) < 4.78 is 2.14. The van der Waals surface area contributed by atoms with Crippen LogP contribution in [0.4, 0.5) is 5.69 Å². The third-order valence-electron chi connectivity index (χ3n) is 8.91. The van der Waals surface area contributed by atoms with Crippen LogP contribution in [0.3, 0.4) is 0 Å². The molecule has 228 valence electrons. The fourth-order valence-electron chi connectivity index (χ4n) is 6.28. The Morgan fingerprint density at radius 2 is 1.61 bits per heavy atom. The molecule has 3 aromatic carbocycles. The zero-order valence-electron chi connectivity index (χ0n) is 25.0. The lowest BCUT2D eigenvalue weighted by molar-refractivity contribution is -0.128. The molecule has 1 saturated heterocycles. The first-order chi connectivity index (χ1) is 21.4. The van der Waals surface area contributed by atoms with Crippen molar-refractivity contribution < 1.29 is 14.4 Å². The Balaban J connectivity index is 1.11. The number of para-hydroxylation sites is 1. The maximum Gasteiger partial charge on any atom is 0.251 e. The fourth-order valence-corrected chi connectivity index (χ4v) is 6.28. The van der Waals surface area contributed by atoms with Crippen molar-refractivity contribution in [2.45, 2.75) is 25.3 Å². The lowest BCUT2D eigenvalue weighted by atomic mass is 9.79. The second-order valence-corrected chi connectivity index (χ2v) is 11.7. The minimum absolute atomic E-state index is 0.0381. The van der Waals surface area contributed by atoms with Crippen LogP contribution >= 0.6 is 0 Å². The van der Waals surface area contributed by atoms with Gasteiger partial charge < -0.3 is 25.8 Å². The Labute approximate surface area is 257 Å². The van der Waals surface area contributed by atoms with Gasteiger partial charge in [-0.15, -0.1) is 0 Å². The average molecular weight is 594 g/mol. The summed E-state index contributed by atoms with van der Waals surface area (Å²) in [6, 6.07) is 23.2. The molecule has 44 heavy (non-hydrogen) atoms. The highest BCUT2D eigenvalue weighted by Gasteiger charge is 2.37. The molecule has 2 heterocycles. The van der Waals surface area contributed by atoms with Crippen LogP contribution < -0.4 is 21.3 Å². The van der Waals surface area contributed by atoms with E-state index < -0.39 is 5.91 Å². The molecule has 6 rings (SSSR count). The van der Waals surface area contributed by atoms with E-state index in [4.69, 9.17) is 10.7 Å². The molecule has 2 fully saturated rings. The number of nitrogens with one attached hydrogen (secondary N) is 2. The smallest absolute Gasteiger partial charge is 0.251 e. The van der Waals surface area contributed by atoms with Crippen molar-refractivity contribution in [3.8, 4) is 11.4 Å². The molecule has 1 aliphatic heterocycles. The number of nitrogens with two attached hydrogens (primary N) is 1. The highest BCUT2D eigenvalue weighted by Crippen LogP contribution is 2.42. The van der Waals surface area contributed by atoms with Crippen molar-refractivity contribution >= 4 is 34.4 Å². The molecule has 1 aromatic heterocycles. The quantitative estimate of drug-likeness (QED) is 0.242. The van der Waals surface area contributed by atoms with Gasteiger partial charge in [0.05, 0.1) is 11.0 Å². The van der Waals surface area contributed by atoms with Crippen LogP contribution in [-0.2, 0) is 4.79 Å². The number of amides is 3. The summed E-state index contributed by atoms with van der Waals surface area (Å²) in [6.07, 6.45) is 2.26. The largest absolute Gasteiger partial charge is 0.369 e. The van der Waals surface area contributed by atoms with Gasteiger partial charge in [-0.3, -0.25) is 19.3 Å². The molecule has 0 radical (unpaired) electrons. The van der Waals surface area contributed by atoms with Gasteiger partial charge in [-0.2, -0.15) is 0 Å². The number of rotatable bonds is 10. The van der Waals surface area contributed by atoms with E-state index in [9.17, 15) is 14.4 Å². The van der Waals surface area contributed by atoms with Gasteiger partial charge in [-0.25, -0.2) is 4.98 Å². The normalized spacial score (nSPS) is 18.5. The number of hydrogen-bond acceptors (Lipinski definition) is 6. The molecule has 0 spiro atoms. The zero-order chi connectivity index (χ0) is 30.6. The number of fused-ring (bicyclic) bond motifs is 1. The minimum atomic E-state index is -0.487. The van der Waals surface area contributed by atoms with E-state index in [-0.39, 0.29) is 23.8 Å². The number of benzene rings is 3. The molecule has 4 aromatic rings. The standard InChI is InChI=1S/C34H39N7O3/c1-36-33(43)26-20-28(21-26)41-30-22-25(12-13-29(30)38-32(41)24-10-8-23(9-11-24)31(35)42)34(44)37-14-5-15-39-16-18-40(19-17-39)27-6-3-2-4-7-27/h2-4,6-13,22,26,28H,5,14-21H2,1H3,(H2,35,42)(H,36,43)(H,37,44). The van der Waals surface area contributed by atoms with Crippen LogP contribution in [0.15, 0.2) is 72.8 Å². The maximum absolute atomic E-state index is 13.2. The third kappa shape index (κ3) is 6.16. The first-order valence-corrected chi connectivity index (χ1v) is 15.4. The van der Waals surface area contributed by atoms with E-state index in [1.54, 1.807) is 19.2 Å². The van der Waals surface area contributed by atoms with E-state index in [2.05, 4.69) is 49.3 Å². The number of carbonyl (C=O) groups is 3. The first kappa shape index (κ1) is 29.4. The van der Waals surface area contributed by atoms with Crippen molar-refractivity contribution in [1.29, 1.82) is 0 Å². The number of primary amides is 1. The maximum atomic E-state index is 13.2. The SMILES string of the molecule is CNC(=O)C1CC(n2c(-c3ccc(C(N)=O)cc3)nc3ccc(C(=O)NCCCN4CCN(c5ccccc5)CC4)cc32)C1. The summed E-state index contributed by atoms with van der Waals surface area (Å²) in [7, 11) is 1.66. The van der Waals surface area contributed by atoms with Crippen molar-refractivity contribution in [1.82, 2.24) is 25.1 Å². The molecule has 1 aliphatic carbocycles. The van der Waals surface area contributed by atoms with Crippen molar-refractivity contribution in [3.05, 3.63) is 83.9 Å². The van der Waals surface area contributed by atoms with Crippen molar-refractivity contribution in [2.75, 3.05) is 51.2 Å². The monoisotopic (exact) mass is 593 g/mol. The fraction of sp³-hybridized carbons (Fsp3) is 0.353. The van der Waals surface area contributed by atoms with Gasteiger partial charge in [0, 0.05) is 74.1 Å². The van der Waals surface area contributed by atoms with E-state index in [1.807, 2.05) is 36.4 Å². The summed E-state index contributed by atoms with van der Waals surface area (Å²) in [6.45, 7) is 5.58. The Morgan fingerprint density at radius 3 is 2.30 bits per heavy atom. The predicted octanol–water partition coefficient (Wildman–Crippen LogP) is 3.44. The number of piperazine rings is 1. The van der Waals surface area contributed by atoms with Gasteiger partial charge in [0.25, 0.3) is 5.91 Å². The van der Waals surface area contributed by atoms with E-state index >= 15 is 0 Å². The van der Waals surface area contributed by atoms with Crippen LogP contribution in [0, 0.1) is 5.92 Å². The van der Waals surface area contributed by atoms with Crippen LogP contribution in [0.2, 0.25) is 0 Å². The van der Waals surface area contributed by atoms with Gasteiger partial charge in [-0.05, 0) is 68.3 Å². The number of nitrogens with zero attached hydrogens (tertiary/aromatic N) is 4. The molecule has 2 aliphatic rings. The molecular weight excluding hydrogens is 554 g/mol. The van der Waals surface area contributed by atoms with Gasteiger partial charge >= 0.3 is 0 Å². The van der Waals surface area contributed by atoms with Gasteiger partial charge in [-0.1, -0.05) is 30.3 Å². The third-order valence-corrected chi connectivity index (χ3v) is 8.91. The number of imidazole rings is 1. The topological polar surface area (TPSA) is 126 Å². The average Bonchev–Trinajstić information content (AvgIpc) is 3.41. The molecular formula is C34H39N7O3. The van der Waals surface area contributed by atoms with Gasteiger partial charge in [0.15, 0.2) is 0 Å². The van der Waals surface area contributed by atoms with E-state index in [0.29, 0.717) is 30.5 Å². The highest BCUT2D eigenvalue weighted by atomic mass is 16.2. The highest BCUT2D eigenvalue weighted by molar-refractivity contribution is 5.98. The Morgan fingerprint density at radius 1 is 0.909 bits per heavy atom. The minimum Gasteiger partial charge on any atom is -0.369 e. The van der Waals surface area contributed by atoms with Gasteiger partial charge in [0.2, 0.25) is 11.8 Å². The summed E-state index contributed by atoms with van der Waals surface area (Å²) in [5.74, 6) is 0.120. The number of carbonyl (C=O) groups excluding carboxylic acids is 3. The van der Waals surface area contributed by atoms with E-state index in [0.717, 1.165) is 61.6 Å². The van der Waals surface area contributed by atoms with Crippen LogP contribution in [0.5, 0.6) is 0 Å². The molecule has 0 bridgehead atoms. The summed E-state index contributed by atoms with van der Waals surface area (Å²) in [4.78, 5) is 46.8. The van der Waals surface area contributed by atoms with Crippen molar-refractivity contribution in [2.24, 2.45) is 11.7 Å². The Hall–Kier alpha value is -4.70. The molecule has 0 unspecified atom stereocenters. The lowest BCUT2D eigenvalue weighted by Gasteiger charge is -2.36. The molecule has 3 amide bonds. The predicted molar refractivity (Wildman–Crippen MR) is 172 cm³/mol. The van der Waals surface area contributed by atoms with Gasteiger partial charge in [0.1, 0.15) is 5.82 Å². The summed E-state index contributed by atoms with van der Waals surface area (Å²) in [5.41, 5.74) is 10.2. The van der Waals surface area contributed by atoms with Crippen LogP contribution in [0.1, 0.15) is 46.0 Å². The number of anilines is 1.